The lowest BCUT2D eigenvalue weighted by Gasteiger charge is -2.28. The number of nitrogens with zero attached hydrogens (tertiary/aromatic N) is 1. The molecule has 0 bridgehead atoms. The van der Waals surface area contributed by atoms with E-state index >= 15 is 0 Å². The number of carbonyl (C=O) groups excluding carboxylic acids is 3. The van der Waals surface area contributed by atoms with Crippen molar-refractivity contribution in [2.24, 2.45) is 11.7 Å². The lowest BCUT2D eigenvalue weighted by Crippen LogP contribution is -2.54. The third kappa shape index (κ3) is 4.41. The molecule has 3 N–H and O–H groups in total. The van der Waals surface area contributed by atoms with Crippen LogP contribution in [0.15, 0.2) is 0 Å². The summed E-state index contributed by atoms with van der Waals surface area (Å²) in [5.41, 5.74) is 5.60. The predicted molar refractivity (Wildman–Crippen MR) is 80.9 cm³/mol. The Hall–Kier alpha value is -1.14. The summed E-state index contributed by atoms with van der Waals surface area (Å²) in [5, 5.41) is 2.73. The van der Waals surface area contributed by atoms with Crippen LogP contribution in [-0.2, 0) is 14.4 Å². The molecule has 3 atom stereocenters. The SMILES string of the molecule is CC(C)[C@H](NC(=O)[C@@H]1CCCN1C(=O)[C@H](C)N)C(=O)CCl. The first-order valence-electron chi connectivity index (χ1n) is 7.24. The normalized spacial score (nSPS) is 21.2. The topological polar surface area (TPSA) is 92.5 Å². The molecule has 1 saturated heterocycles. The van der Waals surface area contributed by atoms with E-state index in [2.05, 4.69) is 5.32 Å². The Labute approximate surface area is 130 Å². The summed E-state index contributed by atoms with van der Waals surface area (Å²) in [6.45, 7) is 5.81. The Morgan fingerprint density at radius 1 is 1.33 bits per heavy atom. The van der Waals surface area contributed by atoms with Crippen LogP contribution in [0.25, 0.3) is 0 Å². The molecular formula is C14H24ClN3O3. The van der Waals surface area contributed by atoms with Gasteiger partial charge in [-0.1, -0.05) is 13.8 Å². The van der Waals surface area contributed by atoms with Gasteiger partial charge in [-0.25, -0.2) is 0 Å². The molecule has 1 fully saturated rings. The fraction of sp³-hybridized carbons (Fsp3) is 0.786. The Morgan fingerprint density at radius 2 is 1.95 bits per heavy atom. The summed E-state index contributed by atoms with van der Waals surface area (Å²) < 4.78 is 0. The zero-order valence-corrected chi connectivity index (χ0v) is 13.5. The number of rotatable bonds is 6. The lowest BCUT2D eigenvalue weighted by molar-refractivity contribution is -0.140. The van der Waals surface area contributed by atoms with Crippen molar-refractivity contribution in [2.75, 3.05) is 12.4 Å². The van der Waals surface area contributed by atoms with Crippen molar-refractivity contribution in [1.29, 1.82) is 0 Å². The summed E-state index contributed by atoms with van der Waals surface area (Å²) in [6, 6.07) is -1.81. The smallest absolute Gasteiger partial charge is 0.243 e. The highest BCUT2D eigenvalue weighted by Gasteiger charge is 2.36. The van der Waals surface area contributed by atoms with Crippen molar-refractivity contribution in [2.45, 2.75) is 51.7 Å². The Bertz CT molecular complexity index is 412. The van der Waals surface area contributed by atoms with Crippen LogP contribution in [-0.4, -0.2) is 53.0 Å². The van der Waals surface area contributed by atoms with Crippen LogP contribution in [0.4, 0.5) is 0 Å². The molecule has 1 rings (SSSR count). The number of nitrogens with one attached hydrogen (secondary N) is 1. The van der Waals surface area contributed by atoms with Gasteiger partial charge in [-0.3, -0.25) is 14.4 Å². The number of amides is 2. The summed E-state index contributed by atoms with van der Waals surface area (Å²) in [6.07, 6.45) is 1.34. The van der Waals surface area contributed by atoms with Gasteiger partial charge in [0.15, 0.2) is 5.78 Å². The molecule has 0 spiro atoms. The van der Waals surface area contributed by atoms with Crippen LogP contribution in [0.5, 0.6) is 0 Å². The molecule has 0 saturated carbocycles. The van der Waals surface area contributed by atoms with Crippen LogP contribution in [0, 0.1) is 5.92 Å². The van der Waals surface area contributed by atoms with Crippen LogP contribution in [0.2, 0.25) is 0 Å². The van der Waals surface area contributed by atoms with Crippen molar-refractivity contribution in [1.82, 2.24) is 10.2 Å². The maximum absolute atomic E-state index is 12.4. The molecule has 1 aliphatic heterocycles. The molecule has 120 valence electrons. The average molecular weight is 318 g/mol. The summed E-state index contributed by atoms with van der Waals surface area (Å²) in [5.74, 6) is -0.964. The summed E-state index contributed by atoms with van der Waals surface area (Å²) in [4.78, 5) is 37.7. The van der Waals surface area contributed by atoms with E-state index in [0.29, 0.717) is 13.0 Å². The Kier molecular flexibility index (Phi) is 6.61. The average Bonchev–Trinajstić information content (AvgIpc) is 2.91. The van der Waals surface area contributed by atoms with E-state index in [9.17, 15) is 14.4 Å². The molecule has 21 heavy (non-hydrogen) atoms. The van der Waals surface area contributed by atoms with Crippen molar-refractivity contribution in [3.05, 3.63) is 0 Å². The quantitative estimate of drug-likeness (QED) is 0.688. The van der Waals surface area contributed by atoms with Gasteiger partial charge in [-0.15, -0.1) is 11.6 Å². The van der Waals surface area contributed by atoms with Crippen molar-refractivity contribution >= 4 is 29.2 Å². The summed E-state index contributed by atoms with van der Waals surface area (Å²) in [7, 11) is 0. The fourth-order valence-corrected chi connectivity index (χ4v) is 2.68. The highest BCUT2D eigenvalue weighted by Crippen LogP contribution is 2.19. The van der Waals surface area contributed by atoms with Gasteiger partial charge >= 0.3 is 0 Å². The maximum Gasteiger partial charge on any atom is 0.243 e. The molecular weight excluding hydrogens is 294 g/mol. The number of carbonyl (C=O) groups is 3. The maximum atomic E-state index is 12.4. The minimum atomic E-state index is -0.635. The van der Waals surface area contributed by atoms with Gasteiger partial charge in [0, 0.05) is 6.54 Å². The van der Waals surface area contributed by atoms with Crippen molar-refractivity contribution in [3.63, 3.8) is 0 Å². The van der Waals surface area contributed by atoms with E-state index in [1.165, 1.54) is 4.90 Å². The van der Waals surface area contributed by atoms with Crippen LogP contribution in [0.1, 0.15) is 33.6 Å². The Balaban J connectivity index is 2.77. The van der Waals surface area contributed by atoms with Crippen LogP contribution >= 0.6 is 11.6 Å². The molecule has 0 aromatic rings. The predicted octanol–water partition coefficient (Wildman–Crippen LogP) is 0.273. The molecule has 0 aromatic carbocycles. The third-order valence-corrected chi connectivity index (χ3v) is 3.93. The van der Waals surface area contributed by atoms with Gasteiger partial charge in [0.1, 0.15) is 6.04 Å². The van der Waals surface area contributed by atoms with Gasteiger partial charge in [0.05, 0.1) is 18.0 Å². The first-order chi connectivity index (χ1) is 9.79. The second kappa shape index (κ2) is 7.75. The van der Waals surface area contributed by atoms with E-state index in [1.807, 2.05) is 13.8 Å². The number of Topliss-reactive ketones (excluding diaryl/α,β-unsaturated/α-hetero) is 1. The standard InChI is InChI=1S/C14H24ClN3O3/c1-8(2)12(11(19)7-15)17-13(20)10-5-4-6-18(10)14(21)9(3)16/h8-10,12H,4-7,16H2,1-3H3,(H,17,20)/t9-,10-,12-/m0/s1. The first kappa shape index (κ1) is 17.9. The van der Waals surface area contributed by atoms with Gasteiger partial charge in [0.2, 0.25) is 11.8 Å². The molecule has 6 nitrogen and oxygen atoms in total. The van der Waals surface area contributed by atoms with E-state index in [1.54, 1.807) is 6.92 Å². The second-order valence-electron chi connectivity index (χ2n) is 5.81. The number of nitrogens with two attached hydrogens (primary N) is 1. The first-order valence-corrected chi connectivity index (χ1v) is 7.78. The van der Waals surface area contributed by atoms with E-state index < -0.39 is 18.1 Å². The number of hydrogen-bond acceptors (Lipinski definition) is 4. The number of alkyl halides is 1. The minimum Gasteiger partial charge on any atom is -0.344 e. The fourth-order valence-electron chi connectivity index (χ4n) is 2.52. The highest BCUT2D eigenvalue weighted by molar-refractivity contribution is 6.28. The molecule has 0 aliphatic carbocycles. The van der Waals surface area contributed by atoms with Gasteiger partial charge in [-0.2, -0.15) is 0 Å². The second-order valence-corrected chi connectivity index (χ2v) is 6.08. The molecule has 2 amide bonds. The molecule has 1 heterocycles. The third-order valence-electron chi connectivity index (χ3n) is 3.67. The highest BCUT2D eigenvalue weighted by atomic mass is 35.5. The largest absolute Gasteiger partial charge is 0.344 e. The zero-order valence-electron chi connectivity index (χ0n) is 12.8. The van der Waals surface area contributed by atoms with Crippen molar-refractivity contribution < 1.29 is 14.4 Å². The Morgan fingerprint density at radius 3 is 2.43 bits per heavy atom. The van der Waals surface area contributed by atoms with Gasteiger partial charge in [0.25, 0.3) is 0 Å². The molecule has 0 unspecified atom stereocenters. The molecule has 0 radical (unpaired) electrons. The van der Waals surface area contributed by atoms with E-state index in [0.717, 1.165) is 6.42 Å². The van der Waals surface area contributed by atoms with E-state index in [-0.39, 0.29) is 29.4 Å². The monoisotopic (exact) mass is 317 g/mol. The summed E-state index contributed by atoms with van der Waals surface area (Å²) >= 11 is 5.57. The van der Waals surface area contributed by atoms with Gasteiger partial charge in [-0.05, 0) is 25.7 Å². The molecule has 0 aromatic heterocycles. The minimum absolute atomic E-state index is 0.0563. The van der Waals surface area contributed by atoms with Crippen LogP contribution < -0.4 is 11.1 Å². The van der Waals surface area contributed by atoms with E-state index in [4.69, 9.17) is 17.3 Å². The number of halogens is 1. The van der Waals surface area contributed by atoms with Gasteiger partial charge < -0.3 is 16.0 Å². The number of likely N-dealkylation sites (tertiary alicyclic amines) is 1. The lowest BCUT2D eigenvalue weighted by atomic mass is 10.00. The number of hydrogen-bond donors (Lipinski definition) is 2. The van der Waals surface area contributed by atoms with Crippen molar-refractivity contribution in [3.8, 4) is 0 Å². The molecule has 1 aliphatic rings. The number of ketones is 1. The zero-order chi connectivity index (χ0) is 16.2. The van der Waals surface area contributed by atoms with Crippen LogP contribution in [0.3, 0.4) is 0 Å². The molecule has 7 heteroatoms.